The highest BCUT2D eigenvalue weighted by atomic mass is 16.4. The summed E-state index contributed by atoms with van der Waals surface area (Å²) < 4.78 is 4.98. The summed E-state index contributed by atoms with van der Waals surface area (Å²) >= 11 is 0. The molecule has 1 heterocycles. The van der Waals surface area contributed by atoms with E-state index in [4.69, 9.17) is 4.42 Å². The van der Waals surface area contributed by atoms with Crippen molar-refractivity contribution >= 4 is 16.8 Å². The first kappa shape index (κ1) is 15.7. The molecule has 1 aromatic carbocycles. The zero-order valence-electron chi connectivity index (χ0n) is 12.9. The predicted molar refractivity (Wildman–Crippen MR) is 87.9 cm³/mol. The molecule has 0 aliphatic carbocycles. The predicted octanol–water partition coefficient (Wildman–Crippen LogP) is 4.67. The van der Waals surface area contributed by atoms with Gasteiger partial charge in [-0.05, 0) is 24.6 Å². The Morgan fingerprint density at radius 3 is 2.52 bits per heavy atom. The molecule has 0 amide bonds. The van der Waals surface area contributed by atoms with Gasteiger partial charge in [-0.2, -0.15) is 0 Å². The molecule has 2 N–H and O–H groups in total. The highest BCUT2D eigenvalue weighted by molar-refractivity contribution is 5.76. The third-order valence-electron chi connectivity index (χ3n) is 3.78. The third-order valence-corrected chi connectivity index (χ3v) is 3.78. The number of unbranched alkanes of at least 4 members (excludes halogenated alkanes) is 7. The normalized spacial score (nSPS) is 11.1. The molecule has 0 spiro atoms. The number of rotatable bonds is 10. The summed E-state index contributed by atoms with van der Waals surface area (Å²) in [5.41, 5.74) is 2.39. The minimum Gasteiger partial charge on any atom is -0.408 e. The van der Waals surface area contributed by atoms with Gasteiger partial charge in [0.15, 0.2) is 5.58 Å². The fourth-order valence-corrected chi connectivity index (χ4v) is 2.55. The first-order valence-electron chi connectivity index (χ1n) is 8.16. The fourth-order valence-electron chi connectivity index (χ4n) is 2.55. The van der Waals surface area contributed by atoms with Gasteiger partial charge in [0, 0.05) is 12.2 Å². The van der Waals surface area contributed by atoms with Crippen LogP contribution in [0.5, 0.6) is 0 Å². The molecule has 116 valence electrons. The number of oxazole rings is 1. The molecule has 1 aromatic heterocycles. The molecule has 0 saturated carbocycles. The van der Waals surface area contributed by atoms with E-state index in [-0.39, 0.29) is 0 Å². The van der Waals surface area contributed by atoms with Crippen LogP contribution in [0.3, 0.4) is 0 Å². The van der Waals surface area contributed by atoms with E-state index in [1.807, 2.05) is 18.2 Å². The van der Waals surface area contributed by atoms with Gasteiger partial charge in [-0.1, -0.05) is 51.9 Å². The Labute approximate surface area is 125 Å². The van der Waals surface area contributed by atoms with E-state index in [0.29, 0.717) is 5.58 Å². The first-order chi connectivity index (χ1) is 10.3. The fraction of sp³-hybridized carbons (Fsp3) is 0.588. The van der Waals surface area contributed by atoms with E-state index >= 15 is 0 Å². The zero-order chi connectivity index (χ0) is 14.9. The van der Waals surface area contributed by atoms with Crippen LogP contribution in [0.4, 0.5) is 5.69 Å². The molecule has 2 aromatic rings. The minimum absolute atomic E-state index is 0.398. The molecule has 2 rings (SSSR count). The van der Waals surface area contributed by atoms with Crippen molar-refractivity contribution in [2.45, 2.75) is 58.3 Å². The van der Waals surface area contributed by atoms with E-state index in [1.54, 1.807) is 0 Å². The lowest BCUT2D eigenvalue weighted by Gasteiger charge is -2.06. The molecule has 0 radical (unpaired) electrons. The number of H-pyrrole nitrogens is 1. The van der Waals surface area contributed by atoms with Crippen LogP contribution >= 0.6 is 0 Å². The molecule has 4 heteroatoms. The van der Waals surface area contributed by atoms with Crippen molar-refractivity contribution in [3.63, 3.8) is 0 Å². The van der Waals surface area contributed by atoms with Gasteiger partial charge in [-0.3, -0.25) is 4.98 Å². The average Bonchev–Trinajstić information content (AvgIpc) is 2.85. The molecule has 0 aliphatic rings. The summed E-state index contributed by atoms with van der Waals surface area (Å²) in [5, 5.41) is 3.39. The second kappa shape index (κ2) is 8.55. The van der Waals surface area contributed by atoms with Gasteiger partial charge in [-0.25, -0.2) is 4.79 Å². The van der Waals surface area contributed by atoms with Crippen molar-refractivity contribution in [2.24, 2.45) is 0 Å². The first-order valence-corrected chi connectivity index (χ1v) is 8.16. The van der Waals surface area contributed by atoms with Crippen molar-refractivity contribution in [1.29, 1.82) is 0 Å². The number of hydrogen-bond donors (Lipinski definition) is 2. The molecular weight excluding hydrogens is 264 g/mol. The molecule has 4 nitrogen and oxygen atoms in total. The number of aromatic nitrogens is 1. The van der Waals surface area contributed by atoms with E-state index in [9.17, 15) is 4.79 Å². The van der Waals surface area contributed by atoms with E-state index < -0.39 is 5.76 Å². The van der Waals surface area contributed by atoms with Gasteiger partial charge in [0.25, 0.3) is 0 Å². The zero-order valence-corrected chi connectivity index (χ0v) is 12.9. The Bertz CT molecular complexity index is 586. The van der Waals surface area contributed by atoms with Crippen molar-refractivity contribution in [1.82, 2.24) is 4.98 Å². The van der Waals surface area contributed by atoms with Crippen molar-refractivity contribution < 1.29 is 4.42 Å². The monoisotopic (exact) mass is 290 g/mol. The molecule has 0 aliphatic heterocycles. The summed E-state index contributed by atoms with van der Waals surface area (Å²) in [6, 6.07) is 5.69. The van der Waals surface area contributed by atoms with Gasteiger partial charge in [0.1, 0.15) is 0 Å². The van der Waals surface area contributed by atoms with Crippen LogP contribution in [0.1, 0.15) is 58.3 Å². The number of benzene rings is 1. The topological polar surface area (TPSA) is 58.0 Å². The summed E-state index contributed by atoms with van der Waals surface area (Å²) in [6.07, 6.45) is 10.6. The van der Waals surface area contributed by atoms with Crippen LogP contribution in [0, 0.1) is 0 Å². The lowest BCUT2D eigenvalue weighted by molar-refractivity contribution is 0.555. The molecule has 0 fully saturated rings. The Balaban J connectivity index is 1.60. The number of anilines is 1. The Kier molecular flexibility index (Phi) is 6.38. The van der Waals surface area contributed by atoms with Gasteiger partial charge in [-0.15, -0.1) is 0 Å². The van der Waals surface area contributed by atoms with Crippen LogP contribution in [0.15, 0.2) is 27.4 Å². The van der Waals surface area contributed by atoms with Gasteiger partial charge in [0.2, 0.25) is 0 Å². The van der Waals surface area contributed by atoms with Gasteiger partial charge >= 0.3 is 5.76 Å². The van der Waals surface area contributed by atoms with Crippen molar-refractivity contribution in [3.05, 3.63) is 28.7 Å². The Hall–Kier alpha value is -1.71. The maximum absolute atomic E-state index is 11.1. The lowest BCUT2D eigenvalue weighted by atomic mass is 10.1. The molecule has 0 saturated heterocycles. The molecular formula is C17H26N2O2. The van der Waals surface area contributed by atoms with E-state index in [1.165, 1.54) is 51.4 Å². The Morgan fingerprint density at radius 2 is 1.76 bits per heavy atom. The SMILES string of the molecule is CCCCCCCCCCNc1ccc2oc(=O)[nH]c2c1. The number of aromatic amines is 1. The maximum atomic E-state index is 11.1. The van der Waals surface area contributed by atoms with Gasteiger partial charge < -0.3 is 9.73 Å². The second-order valence-electron chi connectivity index (χ2n) is 5.63. The maximum Gasteiger partial charge on any atom is 0.417 e. The lowest BCUT2D eigenvalue weighted by Crippen LogP contribution is -2.01. The van der Waals surface area contributed by atoms with Crippen molar-refractivity contribution in [3.8, 4) is 0 Å². The van der Waals surface area contributed by atoms with Crippen LogP contribution in [-0.4, -0.2) is 11.5 Å². The number of fused-ring (bicyclic) bond motifs is 1. The largest absolute Gasteiger partial charge is 0.417 e. The third kappa shape index (κ3) is 5.29. The standard InChI is InChI=1S/C17H26N2O2/c1-2-3-4-5-6-7-8-9-12-18-14-10-11-16-15(13-14)19-17(20)21-16/h10-11,13,18H,2-9,12H2,1H3,(H,19,20). The minimum atomic E-state index is -0.398. The number of hydrogen-bond acceptors (Lipinski definition) is 3. The van der Waals surface area contributed by atoms with E-state index in [2.05, 4.69) is 17.2 Å². The second-order valence-corrected chi connectivity index (χ2v) is 5.63. The van der Waals surface area contributed by atoms with Crippen LogP contribution in [0.2, 0.25) is 0 Å². The van der Waals surface area contributed by atoms with E-state index in [0.717, 1.165) is 17.7 Å². The number of nitrogens with one attached hydrogen (secondary N) is 2. The van der Waals surface area contributed by atoms with Crippen LogP contribution in [0.25, 0.3) is 11.1 Å². The van der Waals surface area contributed by atoms with Crippen LogP contribution < -0.4 is 11.1 Å². The van der Waals surface area contributed by atoms with Gasteiger partial charge in [0.05, 0.1) is 5.52 Å². The molecule has 0 atom stereocenters. The molecule has 0 unspecified atom stereocenters. The summed E-state index contributed by atoms with van der Waals surface area (Å²) in [5.74, 6) is -0.398. The summed E-state index contributed by atoms with van der Waals surface area (Å²) in [6.45, 7) is 3.23. The Morgan fingerprint density at radius 1 is 1.05 bits per heavy atom. The quantitative estimate of drug-likeness (QED) is 0.625. The summed E-state index contributed by atoms with van der Waals surface area (Å²) in [7, 11) is 0. The summed E-state index contributed by atoms with van der Waals surface area (Å²) in [4.78, 5) is 13.8. The molecule has 21 heavy (non-hydrogen) atoms. The van der Waals surface area contributed by atoms with Crippen LogP contribution in [-0.2, 0) is 0 Å². The smallest absolute Gasteiger partial charge is 0.408 e. The average molecular weight is 290 g/mol. The molecule has 0 bridgehead atoms. The van der Waals surface area contributed by atoms with Crippen molar-refractivity contribution in [2.75, 3.05) is 11.9 Å². The highest BCUT2D eigenvalue weighted by Crippen LogP contribution is 2.16. The highest BCUT2D eigenvalue weighted by Gasteiger charge is 2.01.